The first-order chi connectivity index (χ1) is 17.5. The first-order valence-corrected chi connectivity index (χ1v) is 12.2. The molecule has 2 aromatic rings. The highest BCUT2D eigenvalue weighted by Gasteiger charge is 2.46. The predicted molar refractivity (Wildman–Crippen MR) is 140 cm³/mol. The Balaban J connectivity index is 1.86. The van der Waals surface area contributed by atoms with Crippen LogP contribution in [0.15, 0.2) is 47.1 Å². The van der Waals surface area contributed by atoms with Crippen LogP contribution in [0.4, 0.5) is 0 Å². The zero-order chi connectivity index (χ0) is 25.8. The van der Waals surface area contributed by atoms with E-state index in [1.54, 1.807) is 40.4 Å². The minimum absolute atomic E-state index is 0.0296. The number of para-hydroxylation sites is 2. The zero-order valence-corrected chi connectivity index (χ0v) is 21.9. The van der Waals surface area contributed by atoms with Crippen LogP contribution < -0.4 is 18.9 Å². The van der Waals surface area contributed by atoms with Gasteiger partial charge in [-0.3, -0.25) is 9.69 Å². The molecule has 0 aliphatic carbocycles. The van der Waals surface area contributed by atoms with Gasteiger partial charge in [-0.15, -0.1) is 0 Å². The van der Waals surface area contributed by atoms with Crippen LogP contribution in [-0.2, 0) is 4.79 Å². The SMILES string of the molecule is CCCN1CC(=Cc2cccc(OC)c2OC)C2=NN(C(C)=O)C(c3cccc(OC)c3OC)C2C1. The van der Waals surface area contributed by atoms with Gasteiger partial charge in [-0.25, -0.2) is 5.01 Å². The van der Waals surface area contributed by atoms with Crippen LogP contribution >= 0.6 is 0 Å². The quantitative estimate of drug-likeness (QED) is 0.543. The fraction of sp³-hybridized carbons (Fsp3) is 0.429. The molecule has 2 aliphatic heterocycles. The van der Waals surface area contributed by atoms with Gasteiger partial charge in [0.2, 0.25) is 5.91 Å². The summed E-state index contributed by atoms with van der Waals surface area (Å²) in [5, 5.41) is 6.51. The molecule has 0 spiro atoms. The van der Waals surface area contributed by atoms with Crippen molar-refractivity contribution < 1.29 is 23.7 Å². The number of fused-ring (bicyclic) bond motifs is 1. The lowest BCUT2D eigenvalue weighted by Crippen LogP contribution is -2.44. The highest BCUT2D eigenvalue weighted by atomic mass is 16.5. The number of hydrogen-bond donors (Lipinski definition) is 0. The van der Waals surface area contributed by atoms with Gasteiger partial charge < -0.3 is 18.9 Å². The van der Waals surface area contributed by atoms with Crippen molar-refractivity contribution in [3.63, 3.8) is 0 Å². The number of hydrogen-bond acceptors (Lipinski definition) is 7. The molecule has 0 N–H and O–H groups in total. The van der Waals surface area contributed by atoms with E-state index in [1.165, 1.54) is 0 Å². The zero-order valence-electron chi connectivity index (χ0n) is 21.9. The van der Waals surface area contributed by atoms with Crippen molar-refractivity contribution in [1.82, 2.24) is 9.91 Å². The summed E-state index contributed by atoms with van der Waals surface area (Å²) in [4.78, 5) is 15.3. The van der Waals surface area contributed by atoms with Crippen molar-refractivity contribution in [2.75, 3.05) is 48.1 Å². The van der Waals surface area contributed by atoms with Crippen LogP contribution in [0.25, 0.3) is 6.08 Å². The van der Waals surface area contributed by atoms with Crippen LogP contribution in [0.1, 0.15) is 37.4 Å². The fourth-order valence-corrected chi connectivity index (χ4v) is 5.30. The van der Waals surface area contributed by atoms with E-state index in [0.717, 1.165) is 48.5 Å². The Kier molecular flexibility index (Phi) is 7.84. The maximum Gasteiger partial charge on any atom is 0.240 e. The molecule has 0 saturated carbocycles. The van der Waals surface area contributed by atoms with Crippen molar-refractivity contribution in [3.05, 3.63) is 53.1 Å². The molecule has 0 radical (unpaired) electrons. The molecule has 1 fully saturated rings. The van der Waals surface area contributed by atoms with Crippen LogP contribution in [0.2, 0.25) is 0 Å². The largest absolute Gasteiger partial charge is 0.493 e. The van der Waals surface area contributed by atoms with Crippen molar-refractivity contribution in [2.45, 2.75) is 26.3 Å². The molecule has 0 bridgehead atoms. The van der Waals surface area contributed by atoms with E-state index >= 15 is 0 Å². The third-order valence-electron chi connectivity index (χ3n) is 6.77. The number of piperidine rings is 1. The lowest BCUT2D eigenvalue weighted by atomic mass is 9.82. The molecule has 2 heterocycles. The number of hydrazone groups is 1. The number of methoxy groups -OCH3 is 4. The first-order valence-electron chi connectivity index (χ1n) is 12.2. The smallest absolute Gasteiger partial charge is 0.240 e. The van der Waals surface area contributed by atoms with Gasteiger partial charge in [0.25, 0.3) is 0 Å². The minimum Gasteiger partial charge on any atom is -0.493 e. The summed E-state index contributed by atoms with van der Waals surface area (Å²) < 4.78 is 22.5. The van der Waals surface area contributed by atoms with E-state index in [4.69, 9.17) is 24.0 Å². The van der Waals surface area contributed by atoms with E-state index in [0.29, 0.717) is 23.0 Å². The third-order valence-corrected chi connectivity index (χ3v) is 6.77. The maximum atomic E-state index is 12.9. The molecule has 192 valence electrons. The van der Waals surface area contributed by atoms with Crippen molar-refractivity contribution >= 4 is 17.7 Å². The van der Waals surface area contributed by atoms with Crippen molar-refractivity contribution in [2.24, 2.45) is 11.0 Å². The van der Waals surface area contributed by atoms with Gasteiger partial charge in [-0.2, -0.15) is 5.10 Å². The molecule has 2 aromatic carbocycles. The van der Waals surface area contributed by atoms with Gasteiger partial charge in [0, 0.05) is 37.1 Å². The molecule has 8 nitrogen and oxygen atoms in total. The fourth-order valence-electron chi connectivity index (χ4n) is 5.30. The molecule has 0 aromatic heterocycles. The minimum atomic E-state index is -0.308. The number of amides is 1. The number of nitrogens with zero attached hydrogens (tertiary/aromatic N) is 3. The summed E-state index contributed by atoms with van der Waals surface area (Å²) in [6.07, 6.45) is 3.14. The molecular weight excluding hydrogens is 458 g/mol. The third kappa shape index (κ3) is 4.65. The summed E-state index contributed by atoms with van der Waals surface area (Å²) >= 11 is 0. The Morgan fingerprint density at radius 2 is 1.67 bits per heavy atom. The van der Waals surface area contributed by atoms with Gasteiger partial charge in [0.15, 0.2) is 23.0 Å². The van der Waals surface area contributed by atoms with E-state index in [2.05, 4.69) is 17.9 Å². The Morgan fingerprint density at radius 1 is 1.00 bits per heavy atom. The van der Waals surface area contributed by atoms with Gasteiger partial charge >= 0.3 is 0 Å². The molecule has 4 rings (SSSR count). The van der Waals surface area contributed by atoms with E-state index in [9.17, 15) is 4.79 Å². The van der Waals surface area contributed by atoms with Gasteiger partial charge in [-0.1, -0.05) is 31.2 Å². The van der Waals surface area contributed by atoms with Crippen LogP contribution in [-0.4, -0.2) is 69.6 Å². The lowest BCUT2D eigenvalue weighted by Gasteiger charge is -2.36. The van der Waals surface area contributed by atoms with Crippen molar-refractivity contribution in [1.29, 1.82) is 0 Å². The highest BCUT2D eigenvalue weighted by Crippen LogP contribution is 2.46. The number of rotatable bonds is 8. The Hall–Kier alpha value is -3.52. The molecule has 1 saturated heterocycles. The topological polar surface area (TPSA) is 72.8 Å². The first kappa shape index (κ1) is 25.6. The average molecular weight is 494 g/mol. The van der Waals surface area contributed by atoms with Gasteiger partial charge in [0.05, 0.1) is 40.2 Å². The monoisotopic (exact) mass is 493 g/mol. The number of benzene rings is 2. The van der Waals surface area contributed by atoms with E-state index < -0.39 is 0 Å². The summed E-state index contributed by atoms with van der Waals surface area (Å²) in [6, 6.07) is 11.3. The number of likely N-dealkylation sites (tertiary alicyclic amines) is 1. The maximum absolute atomic E-state index is 12.9. The predicted octanol–water partition coefficient (Wildman–Crippen LogP) is 4.41. The normalized spacial score (nSPS) is 20.7. The van der Waals surface area contributed by atoms with Gasteiger partial charge in [0.1, 0.15) is 0 Å². The molecule has 8 heteroatoms. The van der Waals surface area contributed by atoms with Crippen LogP contribution in [0.3, 0.4) is 0 Å². The molecule has 2 unspecified atom stereocenters. The Labute approximate surface area is 213 Å². The summed E-state index contributed by atoms with van der Waals surface area (Å²) in [6.45, 7) is 6.19. The lowest BCUT2D eigenvalue weighted by molar-refractivity contribution is -0.131. The molecule has 2 aliphatic rings. The second-order valence-corrected chi connectivity index (χ2v) is 8.97. The molecular formula is C28H35N3O5. The summed E-state index contributed by atoms with van der Waals surface area (Å²) in [5.74, 6) is 2.45. The van der Waals surface area contributed by atoms with Crippen LogP contribution in [0, 0.1) is 5.92 Å². The average Bonchev–Trinajstić information content (AvgIpc) is 3.28. The highest BCUT2D eigenvalue weighted by molar-refractivity contribution is 6.09. The summed E-state index contributed by atoms with van der Waals surface area (Å²) in [5.41, 5.74) is 3.76. The van der Waals surface area contributed by atoms with Gasteiger partial charge in [-0.05, 0) is 36.7 Å². The molecule has 2 atom stereocenters. The number of carbonyl (C=O) groups is 1. The van der Waals surface area contributed by atoms with E-state index in [1.807, 2.05) is 36.4 Å². The Morgan fingerprint density at radius 3 is 2.28 bits per heavy atom. The second kappa shape index (κ2) is 11.0. The number of ether oxygens (including phenoxy) is 4. The second-order valence-electron chi connectivity index (χ2n) is 8.97. The Bertz CT molecular complexity index is 1180. The van der Waals surface area contributed by atoms with Crippen molar-refractivity contribution in [3.8, 4) is 23.0 Å². The van der Waals surface area contributed by atoms with Crippen LogP contribution in [0.5, 0.6) is 23.0 Å². The number of carbonyl (C=O) groups excluding carboxylic acids is 1. The summed E-state index contributed by atoms with van der Waals surface area (Å²) in [7, 11) is 6.52. The van der Waals surface area contributed by atoms with E-state index in [-0.39, 0.29) is 17.9 Å². The standard InChI is InChI=1S/C28H35N3O5/c1-7-14-30-16-20(15-19-10-8-12-23(33-3)27(19)35-5)25-22(17-30)26(31(29-25)18(2)32)21-11-9-13-24(34-4)28(21)36-6/h8-13,15,22,26H,7,14,16-17H2,1-6H3. The molecule has 36 heavy (non-hydrogen) atoms. The molecule has 1 amide bonds.